The molecule has 0 amide bonds. The summed E-state index contributed by atoms with van der Waals surface area (Å²) in [6, 6.07) is -0.820. The topological polar surface area (TPSA) is 131 Å². The Morgan fingerprint density at radius 2 is 1.90 bits per heavy atom. The van der Waals surface area contributed by atoms with Gasteiger partial charge >= 0.3 is 5.97 Å². The quantitative estimate of drug-likeness (QED) is 0.307. The van der Waals surface area contributed by atoms with E-state index in [0.29, 0.717) is 19.4 Å². The molecule has 1 rings (SSSR count). The van der Waals surface area contributed by atoms with E-state index in [9.17, 15) is 4.79 Å². The third-order valence-corrected chi connectivity index (χ3v) is 3.18. The number of hydrogen-bond donors (Lipinski definition) is 4. The van der Waals surface area contributed by atoms with E-state index in [2.05, 4.69) is 16.8 Å². The number of carbonyl (C=O) groups is 1. The highest BCUT2D eigenvalue weighted by molar-refractivity contribution is 5.75. The van der Waals surface area contributed by atoms with E-state index in [1.807, 2.05) is 0 Å². The molecule has 1 atom stereocenters. The molecule has 1 aliphatic rings. The van der Waals surface area contributed by atoms with Crippen molar-refractivity contribution in [1.82, 2.24) is 4.90 Å². The van der Waals surface area contributed by atoms with Crippen LogP contribution in [-0.4, -0.2) is 54.2 Å². The van der Waals surface area contributed by atoms with Gasteiger partial charge in [0.25, 0.3) is 0 Å². The van der Waals surface area contributed by atoms with E-state index >= 15 is 0 Å². The molecule has 1 saturated heterocycles. The van der Waals surface area contributed by atoms with Crippen molar-refractivity contribution in [1.29, 1.82) is 0 Å². The molecule has 0 spiro atoms. The lowest BCUT2D eigenvalue weighted by molar-refractivity contribution is -0.138. The first-order valence-corrected chi connectivity index (χ1v) is 7.23. The number of nitrogens with two attached hydrogens (primary N) is 3. The Labute approximate surface area is 121 Å². The van der Waals surface area contributed by atoms with Crippen molar-refractivity contribution in [2.24, 2.45) is 22.2 Å². The van der Waals surface area contributed by atoms with Gasteiger partial charge in [-0.2, -0.15) is 0 Å². The van der Waals surface area contributed by atoms with E-state index in [0.717, 1.165) is 0 Å². The van der Waals surface area contributed by atoms with Crippen molar-refractivity contribution in [3.8, 4) is 0 Å². The van der Waals surface area contributed by atoms with E-state index in [1.165, 1.54) is 38.9 Å². The summed E-state index contributed by atoms with van der Waals surface area (Å²) in [4.78, 5) is 16.4. The minimum absolute atomic E-state index is 0.0129. The van der Waals surface area contributed by atoms with Gasteiger partial charge in [-0.15, -0.1) is 0 Å². The van der Waals surface area contributed by atoms with Crippen LogP contribution < -0.4 is 17.2 Å². The Morgan fingerprint density at radius 1 is 1.30 bits per heavy atom. The number of piperidine rings is 1. The minimum Gasteiger partial charge on any atom is -0.480 e. The zero-order chi connectivity index (χ0) is 15.4. The maximum absolute atomic E-state index is 10.2. The third kappa shape index (κ3) is 10.6. The first kappa shape index (κ1) is 18.7. The van der Waals surface area contributed by atoms with Crippen molar-refractivity contribution in [3.05, 3.63) is 0 Å². The molecule has 7 nitrogen and oxygen atoms in total. The number of guanidine groups is 1. The van der Waals surface area contributed by atoms with Crippen molar-refractivity contribution in [3.63, 3.8) is 0 Å². The van der Waals surface area contributed by atoms with E-state index in [1.54, 1.807) is 0 Å². The maximum atomic E-state index is 10.2. The van der Waals surface area contributed by atoms with Crippen LogP contribution in [0.1, 0.15) is 39.0 Å². The van der Waals surface area contributed by atoms with E-state index in [4.69, 9.17) is 22.3 Å². The number of rotatable bonds is 6. The molecule has 0 saturated carbocycles. The zero-order valence-electron chi connectivity index (χ0n) is 12.4. The number of likely N-dealkylation sites (tertiary alicyclic amines) is 1. The SMILES string of the molecule is CCN1CCCCC1.NC(N)=NCCC[C@H](N)C(=O)O. The second kappa shape index (κ2) is 11.5. The number of nitrogens with zero attached hydrogens (tertiary/aromatic N) is 2. The third-order valence-electron chi connectivity index (χ3n) is 3.18. The summed E-state index contributed by atoms with van der Waals surface area (Å²) in [7, 11) is 0. The van der Waals surface area contributed by atoms with Crippen molar-refractivity contribution < 1.29 is 9.90 Å². The first-order valence-electron chi connectivity index (χ1n) is 7.23. The van der Waals surface area contributed by atoms with Gasteiger partial charge in [-0.25, -0.2) is 0 Å². The van der Waals surface area contributed by atoms with Crippen LogP contribution in [0.25, 0.3) is 0 Å². The van der Waals surface area contributed by atoms with Gasteiger partial charge in [0.2, 0.25) is 0 Å². The molecule has 7 N–H and O–H groups in total. The molecule has 0 aromatic heterocycles. The number of aliphatic carboxylic acids is 1. The van der Waals surface area contributed by atoms with Crippen LogP contribution in [0.15, 0.2) is 4.99 Å². The molecule has 1 aliphatic heterocycles. The molecule has 118 valence electrons. The second-order valence-electron chi connectivity index (χ2n) is 4.89. The summed E-state index contributed by atoms with van der Waals surface area (Å²) in [5.74, 6) is -0.987. The smallest absolute Gasteiger partial charge is 0.320 e. The number of carboxylic acid groups (broad SMARTS) is 1. The Balaban J connectivity index is 0.000000388. The molecule has 0 radical (unpaired) electrons. The van der Waals surface area contributed by atoms with Gasteiger partial charge < -0.3 is 27.2 Å². The molecule has 0 aromatic rings. The van der Waals surface area contributed by atoms with Crippen molar-refractivity contribution >= 4 is 11.9 Å². The van der Waals surface area contributed by atoms with Gasteiger partial charge in [-0.1, -0.05) is 13.3 Å². The largest absolute Gasteiger partial charge is 0.480 e. The number of aliphatic imine (C=N–C) groups is 1. The van der Waals surface area contributed by atoms with Gasteiger partial charge in [0.1, 0.15) is 6.04 Å². The number of hydrogen-bond acceptors (Lipinski definition) is 4. The first-order chi connectivity index (χ1) is 9.47. The molecule has 1 fully saturated rings. The highest BCUT2D eigenvalue weighted by Crippen LogP contribution is 2.06. The normalized spacial score (nSPS) is 16.7. The van der Waals surface area contributed by atoms with Crippen LogP contribution in [0, 0.1) is 0 Å². The van der Waals surface area contributed by atoms with Crippen LogP contribution >= 0.6 is 0 Å². The molecule has 0 bridgehead atoms. The summed E-state index contributed by atoms with van der Waals surface area (Å²) in [6.07, 6.45) is 5.26. The van der Waals surface area contributed by atoms with Gasteiger partial charge in [-0.3, -0.25) is 9.79 Å². The zero-order valence-corrected chi connectivity index (χ0v) is 12.4. The maximum Gasteiger partial charge on any atom is 0.320 e. The summed E-state index contributed by atoms with van der Waals surface area (Å²) in [5.41, 5.74) is 15.3. The number of carboxylic acids is 1. The molecule has 0 unspecified atom stereocenters. The highest BCUT2D eigenvalue weighted by atomic mass is 16.4. The van der Waals surface area contributed by atoms with Crippen LogP contribution in [0.4, 0.5) is 0 Å². The molecule has 0 aliphatic carbocycles. The molecule has 7 heteroatoms. The summed E-state index contributed by atoms with van der Waals surface area (Å²) >= 11 is 0. The molecular weight excluding hydrogens is 258 g/mol. The molecule has 0 aromatic carbocycles. The highest BCUT2D eigenvalue weighted by Gasteiger charge is 2.09. The second-order valence-corrected chi connectivity index (χ2v) is 4.89. The van der Waals surface area contributed by atoms with Gasteiger partial charge in [0.15, 0.2) is 5.96 Å². The molecule has 1 heterocycles. The standard InChI is InChI=1S/C7H15N.C6H14N4O2/c1-2-8-6-4-3-5-7-8;7-4(5(11)12)2-1-3-10-6(8)9/h2-7H2,1H3;4H,1-3,7H2,(H,11,12)(H4,8,9,10)/t;4-/m.0/s1. The average Bonchev–Trinajstić information content (AvgIpc) is 2.44. The van der Waals surface area contributed by atoms with Crippen LogP contribution in [0.2, 0.25) is 0 Å². The lowest BCUT2D eigenvalue weighted by Gasteiger charge is -2.24. The Morgan fingerprint density at radius 3 is 2.30 bits per heavy atom. The Kier molecular flexibility index (Phi) is 10.7. The van der Waals surface area contributed by atoms with Gasteiger partial charge in [-0.05, 0) is 45.3 Å². The minimum atomic E-state index is -1.00. The lowest BCUT2D eigenvalue weighted by Crippen LogP contribution is -2.30. The lowest BCUT2D eigenvalue weighted by atomic mass is 10.1. The predicted octanol–water partition coefficient (Wildman–Crippen LogP) is -0.0559. The summed E-state index contributed by atoms with van der Waals surface area (Å²) in [5, 5.41) is 8.38. The van der Waals surface area contributed by atoms with Gasteiger partial charge in [0.05, 0.1) is 0 Å². The predicted molar refractivity (Wildman–Crippen MR) is 81.5 cm³/mol. The van der Waals surface area contributed by atoms with Crippen LogP contribution in [-0.2, 0) is 4.79 Å². The monoisotopic (exact) mass is 287 g/mol. The fraction of sp³-hybridized carbons (Fsp3) is 0.846. The van der Waals surface area contributed by atoms with Crippen molar-refractivity contribution in [2.45, 2.75) is 45.1 Å². The van der Waals surface area contributed by atoms with Gasteiger partial charge in [0, 0.05) is 6.54 Å². The van der Waals surface area contributed by atoms with Crippen LogP contribution in [0.3, 0.4) is 0 Å². The summed E-state index contributed by atoms with van der Waals surface area (Å²) < 4.78 is 0. The van der Waals surface area contributed by atoms with E-state index in [-0.39, 0.29) is 5.96 Å². The van der Waals surface area contributed by atoms with Crippen molar-refractivity contribution in [2.75, 3.05) is 26.2 Å². The fourth-order valence-corrected chi connectivity index (χ4v) is 1.92. The Hall–Kier alpha value is -1.34. The Bertz CT molecular complexity index is 286. The summed E-state index contributed by atoms with van der Waals surface area (Å²) in [6.45, 7) is 6.60. The fourth-order valence-electron chi connectivity index (χ4n) is 1.92. The average molecular weight is 287 g/mol. The van der Waals surface area contributed by atoms with E-state index < -0.39 is 12.0 Å². The molecular formula is C13H29N5O2. The molecule has 20 heavy (non-hydrogen) atoms. The van der Waals surface area contributed by atoms with Crippen LogP contribution in [0.5, 0.6) is 0 Å².